The predicted octanol–water partition coefficient (Wildman–Crippen LogP) is 2.02. The Labute approximate surface area is 167 Å². The van der Waals surface area contributed by atoms with Crippen molar-refractivity contribution >= 4 is 29.5 Å². The third kappa shape index (κ3) is 4.26. The number of hydrogen-bond donors (Lipinski definition) is 2. The van der Waals surface area contributed by atoms with E-state index in [0.29, 0.717) is 11.3 Å². The number of para-hydroxylation sites is 1. The Morgan fingerprint density at radius 3 is 2.28 bits per heavy atom. The highest BCUT2D eigenvalue weighted by Gasteiger charge is 2.49. The standard InChI is InChI=1S/C21H21N3O5/c1-14(18(26)22-16-11-7-4-8-12-16)29-17(25)13-24-19(27)21(2,23-20(24)28)15-9-5-3-6-10-15/h3-12,14H,13H2,1-2H3,(H,22,26)(H,23,28)/t14-,21-/m1/s1. The first-order valence-electron chi connectivity index (χ1n) is 9.06. The summed E-state index contributed by atoms with van der Waals surface area (Å²) in [5.41, 5.74) is -0.104. The molecule has 1 heterocycles. The van der Waals surface area contributed by atoms with Gasteiger partial charge >= 0.3 is 12.0 Å². The Balaban J connectivity index is 1.61. The minimum atomic E-state index is -1.27. The quantitative estimate of drug-likeness (QED) is 0.575. The van der Waals surface area contributed by atoms with Crippen LogP contribution in [0.3, 0.4) is 0 Å². The molecule has 2 atom stereocenters. The van der Waals surface area contributed by atoms with Crippen LogP contribution >= 0.6 is 0 Å². The molecule has 29 heavy (non-hydrogen) atoms. The maximum Gasteiger partial charge on any atom is 0.327 e. The summed E-state index contributed by atoms with van der Waals surface area (Å²) in [4.78, 5) is 50.2. The van der Waals surface area contributed by atoms with Crippen LogP contribution in [0.15, 0.2) is 60.7 Å². The number of ether oxygens (including phenoxy) is 1. The second-order valence-corrected chi connectivity index (χ2v) is 6.80. The Kier molecular flexibility index (Phi) is 5.63. The van der Waals surface area contributed by atoms with E-state index in [0.717, 1.165) is 4.90 Å². The van der Waals surface area contributed by atoms with Crippen LogP contribution in [0, 0.1) is 0 Å². The first-order valence-corrected chi connectivity index (χ1v) is 9.06. The smallest absolute Gasteiger partial charge is 0.327 e. The lowest BCUT2D eigenvalue weighted by atomic mass is 9.92. The molecule has 1 fully saturated rings. The molecule has 2 aromatic carbocycles. The number of carbonyl (C=O) groups excluding carboxylic acids is 4. The normalized spacial score (nSPS) is 19.4. The number of nitrogens with zero attached hydrogens (tertiary/aromatic N) is 1. The SMILES string of the molecule is C[C@@H](OC(=O)CN1C(=O)N[C@](C)(c2ccccc2)C1=O)C(=O)Nc1ccccc1. The van der Waals surface area contributed by atoms with Gasteiger partial charge in [-0.3, -0.25) is 19.3 Å². The van der Waals surface area contributed by atoms with Crippen LogP contribution in [0.25, 0.3) is 0 Å². The molecule has 0 spiro atoms. The number of urea groups is 1. The first-order chi connectivity index (χ1) is 13.8. The van der Waals surface area contributed by atoms with Gasteiger partial charge in [0.05, 0.1) is 0 Å². The van der Waals surface area contributed by atoms with Crippen LogP contribution in [0.4, 0.5) is 10.5 Å². The van der Waals surface area contributed by atoms with Crippen molar-refractivity contribution in [2.24, 2.45) is 0 Å². The molecule has 150 valence electrons. The summed E-state index contributed by atoms with van der Waals surface area (Å²) in [6.45, 7) is 2.40. The van der Waals surface area contributed by atoms with Gasteiger partial charge in [0.25, 0.3) is 11.8 Å². The Morgan fingerprint density at radius 1 is 1.07 bits per heavy atom. The Hall–Kier alpha value is -3.68. The largest absolute Gasteiger partial charge is 0.451 e. The van der Waals surface area contributed by atoms with Crippen molar-refractivity contribution in [3.63, 3.8) is 0 Å². The Morgan fingerprint density at radius 2 is 1.66 bits per heavy atom. The summed E-state index contributed by atoms with van der Waals surface area (Å²) < 4.78 is 5.09. The van der Waals surface area contributed by atoms with E-state index in [1.54, 1.807) is 67.6 Å². The van der Waals surface area contributed by atoms with Crippen LogP contribution in [0.1, 0.15) is 19.4 Å². The molecule has 2 aromatic rings. The fourth-order valence-corrected chi connectivity index (χ4v) is 2.99. The molecule has 2 N–H and O–H groups in total. The number of hydrogen-bond acceptors (Lipinski definition) is 5. The van der Waals surface area contributed by atoms with E-state index in [2.05, 4.69) is 10.6 Å². The van der Waals surface area contributed by atoms with Gasteiger partial charge in [0.2, 0.25) is 0 Å². The first kappa shape index (κ1) is 20.1. The molecule has 0 saturated carbocycles. The summed E-state index contributed by atoms with van der Waals surface area (Å²) in [5.74, 6) is -1.94. The van der Waals surface area contributed by atoms with Crippen LogP contribution in [-0.2, 0) is 24.7 Å². The number of nitrogens with one attached hydrogen (secondary N) is 2. The molecule has 3 rings (SSSR count). The molecule has 1 aliphatic heterocycles. The zero-order valence-corrected chi connectivity index (χ0v) is 16.0. The van der Waals surface area contributed by atoms with Gasteiger partial charge in [-0.15, -0.1) is 0 Å². The number of amides is 4. The van der Waals surface area contributed by atoms with Crippen molar-refractivity contribution in [1.82, 2.24) is 10.2 Å². The Bertz CT molecular complexity index is 932. The van der Waals surface area contributed by atoms with E-state index in [-0.39, 0.29) is 0 Å². The summed E-state index contributed by atoms with van der Waals surface area (Å²) in [7, 11) is 0. The van der Waals surface area contributed by atoms with E-state index < -0.39 is 42.0 Å². The summed E-state index contributed by atoms with van der Waals surface area (Å²) >= 11 is 0. The molecule has 1 aliphatic rings. The van der Waals surface area contributed by atoms with Crippen molar-refractivity contribution in [2.45, 2.75) is 25.5 Å². The van der Waals surface area contributed by atoms with Crippen molar-refractivity contribution in [2.75, 3.05) is 11.9 Å². The molecule has 1 saturated heterocycles. The number of anilines is 1. The molecule has 8 nitrogen and oxygen atoms in total. The maximum atomic E-state index is 12.8. The van der Waals surface area contributed by atoms with Crippen molar-refractivity contribution in [1.29, 1.82) is 0 Å². The van der Waals surface area contributed by atoms with Gasteiger partial charge in [-0.05, 0) is 31.5 Å². The van der Waals surface area contributed by atoms with Crippen LogP contribution in [0.2, 0.25) is 0 Å². The minimum Gasteiger partial charge on any atom is -0.451 e. The van der Waals surface area contributed by atoms with Gasteiger partial charge in [0.1, 0.15) is 12.1 Å². The lowest BCUT2D eigenvalue weighted by Crippen LogP contribution is -2.42. The summed E-state index contributed by atoms with van der Waals surface area (Å²) in [6.07, 6.45) is -1.09. The number of rotatable bonds is 6. The maximum absolute atomic E-state index is 12.8. The zero-order chi connectivity index (χ0) is 21.0. The number of carbonyl (C=O) groups is 4. The second kappa shape index (κ2) is 8.14. The third-order valence-corrected chi connectivity index (χ3v) is 4.63. The predicted molar refractivity (Wildman–Crippen MR) is 105 cm³/mol. The number of imide groups is 1. The second-order valence-electron chi connectivity index (χ2n) is 6.80. The van der Waals surface area contributed by atoms with Crippen LogP contribution in [-0.4, -0.2) is 41.4 Å². The molecule has 8 heteroatoms. The third-order valence-electron chi connectivity index (χ3n) is 4.63. The van der Waals surface area contributed by atoms with Crippen LogP contribution < -0.4 is 10.6 Å². The van der Waals surface area contributed by atoms with Gasteiger partial charge in [0.15, 0.2) is 6.10 Å². The molecular formula is C21H21N3O5. The summed E-state index contributed by atoms with van der Waals surface area (Å²) in [5, 5.41) is 5.23. The molecular weight excluding hydrogens is 374 g/mol. The molecule has 0 radical (unpaired) electrons. The average molecular weight is 395 g/mol. The highest BCUT2D eigenvalue weighted by Crippen LogP contribution is 2.28. The van der Waals surface area contributed by atoms with E-state index >= 15 is 0 Å². The van der Waals surface area contributed by atoms with Crippen molar-refractivity contribution in [3.05, 3.63) is 66.2 Å². The van der Waals surface area contributed by atoms with E-state index in [1.165, 1.54) is 6.92 Å². The highest BCUT2D eigenvalue weighted by molar-refractivity contribution is 6.09. The summed E-state index contributed by atoms with van der Waals surface area (Å²) in [6, 6.07) is 16.8. The lowest BCUT2D eigenvalue weighted by Gasteiger charge is -2.22. The highest BCUT2D eigenvalue weighted by atomic mass is 16.5. The van der Waals surface area contributed by atoms with Gasteiger partial charge < -0.3 is 15.4 Å². The fraction of sp³-hybridized carbons (Fsp3) is 0.238. The van der Waals surface area contributed by atoms with Gasteiger partial charge in [-0.25, -0.2) is 4.79 Å². The van der Waals surface area contributed by atoms with Gasteiger partial charge in [0, 0.05) is 5.69 Å². The van der Waals surface area contributed by atoms with Crippen molar-refractivity contribution in [3.8, 4) is 0 Å². The fourth-order valence-electron chi connectivity index (χ4n) is 2.99. The monoisotopic (exact) mass is 395 g/mol. The van der Waals surface area contributed by atoms with Gasteiger partial charge in [-0.1, -0.05) is 48.5 Å². The lowest BCUT2D eigenvalue weighted by molar-refractivity contribution is -0.155. The van der Waals surface area contributed by atoms with Crippen molar-refractivity contribution < 1.29 is 23.9 Å². The molecule has 0 unspecified atom stereocenters. The average Bonchev–Trinajstić information content (AvgIpc) is 2.93. The topological polar surface area (TPSA) is 105 Å². The molecule has 0 bridgehead atoms. The molecule has 0 aromatic heterocycles. The molecule has 0 aliphatic carbocycles. The van der Waals surface area contributed by atoms with Gasteiger partial charge in [-0.2, -0.15) is 0 Å². The van der Waals surface area contributed by atoms with E-state index in [4.69, 9.17) is 4.74 Å². The molecule has 4 amide bonds. The number of benzene rings is 2. The number of esters is 1. The van der Waals surface area contributed by atoms with Crippen LogP contribution in [0.5, 0.6) is 0 Å². The van der Waals surface area contributed by atoms with E-state index in [9.17, 15) is 19.2 Å². The van der Waals surface area contributed by atoms with E-state index in [1.807, 2.05) is 0 Å². The minimum absolute atomic E-state index is 0.518. The zero-order valence-electron chi connectivity index (χ0n) is 16.0.